The number of hydrogen-bond donors (Lipinski definition) is 1. The second-order valence-electron chi connectivity index (χ2n) is 4.48. The Hall–Kier alpha value is -1.52. The predicted molar refractivity (Wildman–Crippen MR) is 62.9 cm³/mol. The van der Waals surface area contributed by atoms with Gasteiger partial charge in [0, 0.05) is 6.04 Å². The minimum absolute atomic E-state index is 0.216. The Morgan fingerprint density at radius 1 is 1.71 bits per heavy atom. The van der Waals surface area contributed by atoms with Crippen molar-refractivity contribution in [3.63, 3.8) is 0 Å². The summed E-state index contributed by atoms with van der Waals surface area (Å²) in [6.45, 7) is 4.19. The zero-order valence-corrected chi connectivity index (χ0v) is 10.2. The van der Waals surface area contributed by atoms with Crippen LogP contribution in [0.4, 0.5) is 6.01 Å². The van der Waals surface area contributed by atoms with Crippen molar-refractivity contribution >= 4 is 12.0 Å². The first-order valence-corrected chi connectivity index (χ1v) is 6.08. The van der Waals surface area contributed by atoms with Crippen molar-refractivity contribution in [3.05, 3.63) is 12.0 Å². The molecule has 0 aromatic carbocycles. The molecule has 1 N–H and O–H groups in total. The Morgan fingerprint density at radius 2 is 2.47 bits per heavy atom. The van der Waals surface area contributed by atoms with Gasteiger partial charge in [0.15, 0.2) is 5.69 Å². The van der Waals surface area contributed by atoms with Crippen molar-refractivity contribution in [1.29, 1.82) is 0 Å². The molecule has 1 heterocycles. The van der Waals surface area contributed by atoms with Gasteiger partial charge in [-0.05, 0) is 26.2 Å². The highest BCUT2D eigenvalue weighted by Crippen LogP contribution is 2.33. The maximum Gasteiger partial charge on any atom is 0.360 e. The zero-order chi connectivity index (χ0) is 12.3. The molecule has 1 aromatic heterocycles. The molecule has 1 aliphatic rings. The van der Waals surface area contributed by atoms with E-state index in [0.717, 1.165) is 12.3 Å². The van der Waals surface area contributed by atoms with Crippen LogP contribution < -0.4 is 5.32 Å². The lowest BCUT2D eigenvalue weighted by molar-refractivity contribution is 0.0519. The minimum Gasteiger partial charge on any atom is -0.461 e. The van der Waals surface area contributed by atoms with Gasteiger partial charge in [0.05, 0.1) is 6.61 Å². The number of aromatic nitrogens is 1. The molecular formula is C12H18N2O3. The summed E-state index contributed by atoms with van der Waals surface area (Å²) in [5.41, 5.74) is 0.216. The minimum atomic E-state index is -0.445. The second-order valence-corrected chi connectivity index (χ2v) is 4.48. The van der Waals surface area contributed by atoms with Crippen molar-refractivity contribution in [1.82, 2.24) is 4.98 Å². The van der Waals surface area contributed by atoms with E-state index in [0.29, 0.717) is 18.7 Å². The number of ether oxygens (including phenoxy) is 1. The van der Waals surface area contributed by atoms with Crippen LogP contribution in [0.15, 0.2) is 10.7 Å². The standard InChI is InChI=1S/C12H18N2O3/c1-3-16-11(15)10-7-17-12(14-10)13-8(2)6-9-4-5-9/h7-9H,3-6H2,1-2H3,(H,13,14). The van der Waals surface area contributed by atoms with Crippen molar-refractivity contribution in [2.45, 2.75) is 39.2 Å². The van der Waals surface area contributed by atoms with Gasteiger partial charge >= 0.3 is 5.97 Å². The van der Waals surface area contributed by atoms with Gasteiger partial charge < -0.3 is 14.5 Å². The summed E-state index contributed by atoms with van der Waals surface area (Å²) in [5.74, 6) is 0.399. The highest BCUT2D eigenvalue weighted by atomic mass is 16.5. The number of rotatable bonds is 6. The van der Waals surface area contributed by atoms with Gasteiger partial charge in [0.2, 0.25) is 0 Å². The fraction of sp³-hybridized carbons (Fsp3) is 0.667. The Balaban J connectivity index is 1.86. The Morgan fingerprint density at radius 3 is 3.12 bits per heavy atom. The number of nitrogens with one attached hydrogen (secondary N) is 1. The van der Waals surface area contributed by atoms with Crippen LogP contribution in [0.1, 0.15) is 43.6 Å². The topological polar surface area (TPSA) is 64.4 Å². The highest BCUT2D eigenvalue weighted by molar-refractivity contribution is 5.87. The largest absolute Gasteiger partial charge is 0.461 e. The Labute approximate surface area is 101 Å². The summed E-state index contributed by atoms with van der Waals surface area (Å²) in [4.78, 5) is 15.4. The van der Waals surface area contributed by atoms with E-state index in [-0.39, 0.29) is 5.69 Å². The van der Waals surface area contributed by atoms with Crippen LogP contribution in [-0.4, -0.2) is 23.6 Å². The van der Waals surface area contributed by atoms with Crippen LogP contribution in [0, 0.1) is 5.92 Å². The normalized spacial score (nSPS) is 16.6. The van der Waals surface area contributed by atoms with E-state index in [1.165, 1.54) is 19.1 Å². The van der Waals surface area contributed by atoms with E-state index in [4.69, 9.17) is 9.15 Å². The van der Waals surface area contributed by atoms with E-state index in [1.807, 2.05) is 0 Å². The van der Waals surface area contributed by atoms with E-state index in [9.17, 15) is 4.79 Å². The highest BCUT2D eigenvalue weighted by Gasteiger charge is 2.24. The molecule has 0 bridgehead atoms. The molecule has 1 atom stereocenters. The monoisotopic (exact) mass is 238 g/mol. The van der Waals surface area contributed by atoms with Crippen molar-refractivity contribution in [3.8, 4) is 0 Å². The van der Waals surface area contributed by atoms with Crippen molar-refractivity contribution in [2.75, 3.05) is 11.9 Å². The van der Waals surface area contributed by atoms with Crippen molar-refractivity contribution < 1.29 is 13.9 Å². The molecule has 1 fully saturated rings. The molecule has 94 valence electrons. The number of carbonyl (C=O) groups is 1. The van der Waals surface area contributed by atoms with Crippen LogP contribution in [-0.2, 0) is 4.74 Å². The lowest BCUT2D eigenvalue weighted by Crippen LogP contribution is -2.16. The first kappa shape index (κ1) is 12.0. The van der Waals surface area contributed by atoms with Gasteiger partial charge in [-0.15, -0.1) is 0 Å². The summed E-state index contributed by atoms with van der Waals surface area (Å²) in [7, 11) is 0. The first-order chi connectivity index (χ1) is 8.19. The molecule has 1 aromatic rings. The second kappa shape index (κ2) is 5.21. The van der Waals surface area contributed by atoms with E-state index < -0.39 is 5.97 Å². The average Bonchev–Trinajstić information content (AvgIpc) is 2.95. The van der Waals surface area contributed by atoms with Gasteiger partial charge in [0.25, 0.3) is 6.01 Å². The summed E-state index contributed by atoms with van der Waals surface area (Å²) < 4.78 is 10.0. The molecule has 0 aliphatic heterocycles. The molecule has 1 unspecified atom stereocenters. The molecule has 0 saturated heterocycles. The third-order valence-corrected chi connectivity index (χ3v) is 2.74. The third kappa shape index (κ3) is 3.47. The number of esters is 1. The first-order valence-electron chi connectivity index (χ1n) is 6.08. The molecule has 0 spiro atoms. The molecule has 5 nitrogen and oxygen atoms in total. The molecule has 5 heteroatoms. The summed E-state index contributed by atoms with van der Waals surface area (Å²) in [5, 5.41) is 3.15. The average molecular weight is 238 g/mol. The molecule has 0 amide bonds. The summed E-state index contributed by atoms with van der Waals surface area (Å²) >= 11 is 0. The lowest BCUT2D eigenvalue weighted by atomic mass is 10.2. The smallest absolute Gasteiger partial charge is 0.360 e. The zero-order valence-electron chi connectivity index (χ0n) is 10.2. The van der Waals surface area contributed by atoms with Crippen LogP contribution in [0.25, 0.3) is 0 Å². The van der Waals surface area contributed by atoms with Crippen LogP contribution >= 0.6 is 0 Å². The summed E-state index contributed by atoms with van der Waals surface area (Å²) in [6, 6.07) is 0.706. The Bertz CT molecular complexity index is 385. The van der Waals surface area contributed by atoms with Crippen LogP contribution in [0.5, 0.6) is 0 Å². The fourth-order valence-electron chi connectivity index (χ4n) is 1.76. The van der Waals surface area contributed by atoms with Crippen LogP contribution in [0.2, 0.25) is 0 Å². The lowest BCUT2D eigenvalue weighted by Gasteiger charge is -2.10. The third-order valence-electron chi connectivity index (χ3n) is 2.74. The van der Waals surface area contributed by atoms with E-state index in [2.05, 4.69) is 17.2 Å². The van der Waals surface area contributed by atoms with E-state index in [1.54, 1.807) is 6.92 Å². The predicted octanol–water partition coefficient (Wildman–Crippen LogP) is 2.45. The van der Waals surface area contributed by atoms with Crippen LogP contribution in [0.3, 0.4) is 0 Å². The van der Waals surface area contributed by atoms with Gasteiger partial charge in [0.1, 0.15) is 6.26 Å². The number of nitrogens with zero attached hydrogens (tertiary/aromatic N) is 1. The fourth-order valence-corrected chi connectivity index (χ4v) is 1.76. The Kier molecular flexibility index (Phi) is 3.66. The molecular weight excluding hydrogens is 220 g/mol. The quantitative estimate of drug-likeness (QED) is 0.771. The number of oxazole rings is 1. The molecule has 1 aliphatic carbocycles. The number of carbonyl (C=O) groups excluding carboxylic acids is 1. The summed E-state index contributed by atoms with van der Waals surface area (Å²) in [6.07, 6.45) is 5.10. The maximum absolute atomic E-state index is 11.4. The van der Waals surface area contributed by atoms with Crippen molar-refractivity contribution in [2.24, 2.45) is 5.92 Å². The van der Waals surface area contributed by atoms with E-state index >= 15 is 0 Å². The van der Waals surface area contributed by atoms with Gasteiger partial charge in [-0.1, -0.05) is 12.8 Å². The molecule has 1 saturated carbocycles. The number of hydrogen-bond acceptors (Lipinski definition) is 5. The maximum atomic E-state index is 11.4. The van der Waals surface area contributed by atoms with Gasteiger partial charge in [-0.3, -0.25) is 0 Å². The molecule has 17 heavy (non-hydrogen) atoms. The number of anilines is 1. The molecule has 0 radical (unpaired) electrons. The SMILES string of the molecule is CCOC(=O)c1coc(NC(C)CC2CC2)n1. The van der Waals surface area contributed by atoms with Gasteiger partial charge in [-0.2, -0.15) is 4.98 Å². The van der Waals surface area contributed by atoms with Gasteiger partial charge in [-0.25, -0.2) is 4.79 Å². The molecule has 2 rings (SSSR count).